The van der Waals surface area contributed by atoms with Gasteiger partial charge in [0.05, 0.1) is 30.2 Å². The second kappa shape index (κ2) is 8.34. The average Bonchev–Trinajstić information content (AvgIpc) is 3.25. The number of nitrogens with zero attached hydrogens (tertiary/aromatic N) is 2. The highest BCUT2D eigenvalue weighted by Gasteiger charge is 2.32. The van der Waals surface area contributed by atoms with E-state index in [0.29, 0.717) is 24.8 Å². The van der Waals surface area contributed by atoms with E-state index in [1.165, 1.54) is 0 Å². The maximum Gasteiger partial charge on any atom is 0.416 e. The summed E-state index contributed by atoms with van der Waals surface area (Å²) in [5.41, 5.74) is 3.57. The third kappa shape index (κ3) is 4.58. The highest BCUT2D eigenvalue weighted by molar-refractivity contribution is 6.13. The van der Waals surface area contributed by atoms with Gasteiger partial charge in [-0.05, 0) is 62.6 Å². The van der Waals surface area contributed by atoms with Gasteiger partial charge in [0.2, 0.25) is 0 Å². The van der Waals surface area contributed by atoms with Crippen molar-refractivity contribution in [3.8, 4) is 5.75 Å². The first-order valence-electron chi connectivity index (χ1n) is 10.1. The number of rotatable bonds is 4. The number of amidine groups is 1. The van der Waals surface area contributed by atoms with Gasteiger partial charge < -0.3 is 14.8 Å². The minimum absolute atomic E-state index is 0.139. The van der Waals surface area contributed by atoms with Gasteiger partial charge in [-0.15, -0.1) is 0 Å². The number of fused-ring (bicyclic) bond motifs is 1. The Morgan fingerprint density at radius 3 is 2.74 bits per heavy atom. The number of nitrogens with one attached hydrogen (secondary N) is 1. The first kappa shape index (κ1) is 21.4. The number of alkyl halides is 3. The summed E-state index contributed by atoms with van der Waals surface area (Å²) in [7, 11) is 0. The van der Waals surface area contributed by atoms with E-state index in [2.05, 4.69) is 15.3 Å². The Morgan fingerprint density at radius 2 is 2.06 bits per heavy atom. The monoisotopic (exact) mass is 431 g/mol. The number of anilines is 1. The van der Waals surface area contributed by atoms with Crippen molar-refractivity contribution in [3.63, 3.8) is 0 Å². The second-order valence-corrected chi connectivity index (χ2v) is 8.06. The zero-order valence-electron chi connectivity index (χ0n) is 17.6. The lowest BCUT2D eigenvalue weighted by atomic mass is 9.99. The Kier molecular flexibility index (Phi) is 5.75. The summed E-state index contributed by atoms with van der Waals surface area (Å²) < 4.78 is 50.9. The maximum absolute atomic E-state index is 13.2. The molecular formula is C23H24F3N3O2. The molecule has 5 nitrogen and oxygen atoms in total. The molecule has 1 N–H and O–H groups in total. The summed E-state index contributed by atoms with van der Waals surface area (Å²) >= 11 is 0. The van der Waals surface area contributed by atoms with E-state index in [1.807, 2.05) is 32.9 Å². The quantitative estimate of drug-likeness (QED) is 0.700. The Balaban J connectivity index is 1.68. The van der Waals surface area contributed by atoms with E-state index in [1.54, 1.807) is 0 Å². The van der Waals surface area contributed by atoms with Gasteiger partial charge in [0, 0.05) is 24.3 Å². The van der Waals surface area contributed by atoms with Crippen molar-refractivity contribution in [3.05, 3.63) is 58.4 Å². The molecule has 4 rings (SSSR count). The number of hydrogen-bond donors (Lipinski definition) is 1. The van der Waals surface area contributed by atoms with Crippen LogP contribution in [0, 0.1) is 12.8 Å². The summed E-state index contributed by atoms with van der Waals surface area (Å²) in [6.45, 7) is 7.83. The Morgan fingerprint density at radius 1 is 1.26 bits per heavy atom. The fourth-order valence-electron chi connectivity index (χ4n) is 3.68. The molecule has 164 valence electrons. The number of ether oxygens (including phenoxy) is 2. The van der Waals surface area contributed by atoms with E-state index in [-0.39, 0.29) is 11.5 Å². The number of halogens is 3. The summed E-state index contributed by atoms with van der Waals surface area (Å²) in [6.07, 6.45) is -2.31. The molecule has 0 radical (unpaired) electrons. The predicted octanol–water partition coefficient (Wildman–Crippen LogP) is 5.45. The molecule has 0 aliphatic carbocycles. The van der Waals surface area contributed by atoms with Crippen molar-refractivity contribution < 1.29 is 22.6 Å². The summed E-state index contributed by atoms with van der Waals surface area (Å²) in [5.74, 6) is 1.41. The fraction of sp³-hybridized carbons (Fsp3) is 0.391. The third-order valence-electron chi connectivity index (χ3n) is 5.34. The molecule has 1 saturated heterocycles. The highest BCUT2D eigenvalue weighted by Crippen LogP contribution is 2.38. The van der Waals surface area contributed by atoms with E-state index in [0.717, 1.165) is 59.5 Å². The molecule has 2 aromatic rings. The Hall–Kier alpha value is -2.87. The molecule has 0 saturated carbocycles. The maximum atomic E-state index is 13.2. The lowest BCUT2D eigenvalue weighted by molar-refractivity contribution is -0.137. The molecule has 3 heterocycles. The van der Waals surface area contributed by atoms with Crippen LogP contribution in [0.1, 0.15) is 42.7 Å². The first-order valence-corrected chi connectivity index (χ1v) is 10.1. The molecule has 2 aliphatic heterocycles. The third-order valence-corrected chi connectivity index (χ3v) is 5.34. The first-order chi connectivity index (χ1) is 14.7. The number of aryl methyl sites for hydroxylation is 1. The van der Waals surface area contributed by atoms with Gasteiger partial charge >= 0.3 is 6.18 Å². The highest BCUT2D eigenvalue weighted by atomic mass is 19.4. The van der Waals surface area contributed by atoms with Gasteiger partial charge in [-0.2, -0.15) is 13.2 Å². The standard InChI is InChI=1S/C23H24F3N3O2/c1-13(2)20-18-10-17(31-12-15-5-7-30-11-15)8-14(3)21(18)29-22(28-20)19-9-16(4-6-27-19)23(24,25)26/h4,6,8-10,15H,5,7,11-12H2,1-3H3,(H,28,29). The van der Waals surface area contributed by atoms with Gasteiger partial charge in [-0.1, -0.05) is 0 Å². The lowest BCUT2D eigenvalue weighted by Gasteiger charge is -2.24. The van der Waals surface area contributed by atoms with E-state index < -0.39 is 11.7 Å². The topological polar surface area (TPSA) is 55.7 Å². The van der Waals surface area contributed by atoms with Crippen LogP contribution in [0.2, 0.25) is 0 Å². The summed E-state index contributed by atoms with van der Waals surface area (Å²) in [4.78, 5) is 8.73. The SMILES string of the molecule is CC(C)=C1N=C(c2cc(C(F)(F)F)ccn2)Nc2c(C)cc(OCC3CCOC3)cc21. The van der Waals surface area contributed by atoms with Crippen LogP contribution >= 0.6 is 0 Å². The largest absolute Gasteiger partial charge is 0.493 e. The van der Waals surface area contributed by atoms with Gasteiger partial charge in [-0.25, -0.2) is 4.99 Å². The van der Waals surface area contributed by atoms with Gasteiger partial charge in [0.25, 0.3) is 0 Å². The lowest BCUT2D eigenvalue weighted by Crippen LogP contribution is -2.22. The molecule has 1 fully saturated rings. The number of allylic oxidation sites excluding steroid dienone is 1. The molecule has 0 amide bonds. The van der Waals surface area contributed by atoms with Crippen molar-refractivity contribution >= 4 is 17.2 Å². The molecule has 0 spiro atoms. The zero-order valence-corrected chi connectivity index (χ0v) is 17.6. The number of aliphatic imine (C=N–C) groups is 1. The zero-order chi connectivity index (χ0) is 22.2. The Bertz CT molecular complexity index is 1050. The van der Waals surface area contributed by atoms with Crippen LogP contribution in [0.4, 0.5) is 18.9 Å². The van der Waals surface area contributed by atoms with Gasteiger partial charge in [-0.3, -0.25) is 4.98 Å². The molecule has 1 unspecified atom stereocenters. The second-order valence-electron chi connectivity index (χ2n) is 8.06. The van der Waals surface area contributed by atoms with Crippen LogP contribution < -0.4 is 10.1 Å². The fourth-order valence-corrected chi connectivity index (χ4v) is 3.68. The minimum atomic E-state index is -4.45. The number of pyridine rings is 1. The molecular weight excluding hydrogens is 407 g/mol. The van der Waals surface area contributed by atoms with Crippen molar-refractivity contribution in [2.24, 2.45) is 10.9 Å². The van der Waals surface area contributed by atoms with Crippen LogP contribution in [0.25, 0.3) is 5.70 Å². The van der Waals surface area contributed by atoms with E-state index in [4.69, 9.17) is 9.47 Å². The van der Waals surface area contributed by atoms with Crippen LogP contribution in [-0.4, -0.2) is 30.6 Å². The minimum Gasteiger partial charge on any atom is -0.493 e. The van der Waals surface area contributed by atoms with Crippen molar-refractivity contribution in [2.45, 2.75) is 33.4 Å². The number of hydrogen-bond acceptors (Lipinski definition) is 5. The van der Waals surface area contributed by atoms with Crippen molar-refractivity contribution in [1.82, 2.24) is 4.98 Å². The summed E-state index contributed by atoms with van der Waals surface area (Å²) in [6, 6.07) is 5.81. The van der Waals surface area contributed by atoms with Crippen LogP contribution in [0.5, 0.6) is 5.75 Å². The molecule has 8 heteroatoms. The molecule has 2 aliphatic rings. The predicted molar refractivity (Wildman–Crippen MR) is 113 cm³/mol. The van der Waals surface area contributed by atoms with Crippen LogP contribution in [0.15, 0.2) is 41.0 Å². The van der Waals surface area contributed by atoms with E-state index >= 15 is 0 Å². The molecule has 1 aromatic carbocycles. The number of aromatic nitrogens is 1. The van der Waals surface area contributed by atoms with Gasteiger partial charge in [0.15, 0.2) is 5.84 Å². The average molecular weight is 431 g/mol. The summed E-state index contributed by atoms with van der Waals surface area (Å²) in [5, 5.41) is 3.18. The number of benzene rings is 1. The van der Waals surface area contributed by atoms with Crippen molar-refractivity contribution in [1.29, 1.82) is 0 Å². The molecule has 31 heavy (non-hydrogen) atoms. The smallest absolute Gasteiger partial charge is 0.416 e. The van der Waals surface area contributed by atoms with Crippen LogP contribution in [0.3, 0.4) is 0 Å². The normalized spacial score (nSPS) is 18.3. The molecule has 1 aromatic heterocycles. The van der Waals surface area contributed by atoms with Crippen molar-refractivity contribution in [2.75, 3.05) is 25.1 Å². The van der Waals surface area contributed by atoms with E-state index in [9.17, 15) is 13.2 Å². The molecule has 0 bridgehead atoms. The van der Waals surface area contributed by atoms with Crippen LogP contribution in [-0.2, 0) is 10.9 Å². The Labute approximate surface area is 179 Å². The molecule has 1 atom stereocenters. The van der Waals surface area contributed by atoms with Gasteiger partial charge in [0.1, 0.15) is 11.4 Å².